The number of rotatable bonds is 8. The van der Waals surface area contributed by atoms with E-state index in [-0.39, 0.29) is 24.3 Å². The maximum atomic E-state index is 12.2. The number of nitrogens with one attached hydrogen (secondary N) is 2. The summed E-state index contributed by atoms with van der Waals surface area (Å²) in [6, 6.07) is 3.51. The van der Waals surface area contributed by atoms with Gasteiger partial charge in [-0.3, -0.25) is 9.59 Å². The molecule has 1 atom stereocenters. The Morgan fingerprint density at radius 1 is 1.48 bits per heavy atom. The Morgan fingerprint density at radius 3 is 2.96 bits per heavy atom. The summed E-state index contributed by atoms with van der Waals surface area (Å²) in [5, 5.41) is 8.73. The van der Waals surface area contributed by atoms with Gasteiger partial charge in [0.2, 0.25) is 11.8 Å². The van der Waals surface area contributed by atoms with Crippen molar-refractivity contribution in [2.24, 2.45) is 5.92 Å². The normalized spacial score (nSPS) is 15.2. The molecule has 1 saturated carbocycles. The molecule has 132 valence electrons. The van der Waals surface area contributed by atoms with Crippen LogP contribution < -0.4 is 10.6 Å². The first-order chi connectivity index (χ1) is 12.1. The number of hydrogen-bond acceptors (Lipinski definition) is 5. The molecule has 0 aliphatic heterocycles. The van der Waals surface area contributed by atoms with Gasteiger partial charge in [-0.1, -0.05) is 0 Å². The van der Waals surface area contributed by atoms with Crippen molar-refractivity contribution in [3.8, 4) is 0 Å². The lowest BCUT2D eigenvalue weighted by molar-refractivity contribution is -0.122. The van der Waals surface area contributed by atoms with E-state index in [1.165, 1.54) is 6.08 Å². The second kappa shape index (κ2) is 8.11. The molecule has 2 aromatic rings. The molecule has 2 heterocycles. The van der Waals surface area contributed by atoms with Gasteiger partial charge in [-0.2, -0.15) is 0 Å². The fourth-order valence-electron chi connectivity index (χ4n) is 2.47. The van der Waals surface area contributed by atoms with Crippen LogP contribution in [-0.4, -0.2) is 23.3 Å². The number of carbonyl (C=O) groups is 2. The van der Waals surface area contributed by atoms with E-state index in [0.29, 0.717) is 18.2 Å². The first-order valence-electron chi connectivity index (χ1n) is 8.32. The van der Waals surface area contributed by atoms with Gasteiger partial charge in [-0.25, -0.2) is 4.98 Å². The third-order valence-corrected chi connectivity index (χ3v) is 4.95. The Morgan fingerprint density at radius 2 is 2.32 bits per heavy atom. The molecule has 6 nitrogen and oxygen atoms in total. The molecule has 1 aliphatic carbocycles. The van der Waals surface area contributed by atoms with Crippen LogP contribution in [0.4, 0.5) is 0 Å². The lowest BCUT2D eigenvalue weighted by atomic mass is 10.2. The standard InChI is InChI=1S/C18H21N3O3S/c1-12-11-25-18(20-12)17(13-4-5-13)21-16(23)8-9-19-15(22)7-6-14-3-2-10-24-14/h2-3,6-7,10-11,13,17H,4-5,8-9H2,1H3,(H,19,22)(H,21,23)/b7-6-/t17-/m1/s1. The lowest BCUT2D eigenvalue weighted by Crippen LogP contribution is -2.33. The van der Waals surface area contributed by atoms with Crippen LogP contribution in [0.3, 0.4) is 0 Å². The molecule has 2 amide bonds. The second-order valence-corrected chi connectivity index (χ2v) is 6.99. The molecule has 25 heavy (non-hydrogen) atoms. The minimum atomic E-state index is -0.251. The summed E-state index contributed by atoms with van der Waals surface area (Å²) < 4.78 is 5.11. The molecule has 2 aromatic heterocycles. The van der Waals surface area contributed by atoms with Gasteiger partial charge in [-0.15, -0.1) is 11.3 Å². The van der Waals surface area contributed by atoms with E-state index in [1.54, 1.807) is 35.8 Å². The molecule has 1 aliphatic rings. The molecule has 0 spiro atoms. The van der Waals surface area contributed by atoms with Crippen molar-refractivity contribution in [2.75, 3.05) is 6.54 Å². The fourth-order valence-corrected chi connectivity index (χ4v) is 3.41. The summed E-state index contributed by atoms with van der Waals surface area (Å²) >= 11 is 1.59. The van der Waals surface area contributed by atoms with Gasteiger partial charge in [-0.05, 0) is 43.9 Å². The maximum Gasteiger partial charge on any atom is 0.244 e. The largest absolute Gasteiger partial charge is 0.465 e. The van der Waals surface area contributed by atoms with E-state index in [2.05, 4.69) is 15.6 Å². The first kappa shape index (κ1) is 17.4. The third kappa shape index (κ3) is 5.29. The van der Waals surface area contributed by atoms with Gasteiger partial charge in [0.25, 0.3) is 0 Å². The van der Waals surface area contributed by atoms with Crippen LogP contribution in [0.1, 0.15) is 41.8 Å². The van der Waals surface area contributed by atoms with E-state index >= 15 is 0 Å². The molecular formula is C18H21N3O3S. The molecule has 0 saturated heterocycles. The minimum absolute atomic E-state index is 0.000694. The van der Waals surface area contributed by atoms with E-state index in [1.807, 2.05) is 12.3 Å². The van der Waals surface area contributed by atoms with Crippen molar-refractivity contribution in [3.63, 3.8) is 0 Å². The van der Waals surface area contributed by atoms with Gasteiger partial charge in [0, 0.05) is 30.1 Å². The van der Waals surface area contributed by atoms with Crippen molar-refractivity contribution in [1.29, 1.82) is 0 Å². The van der Waals surface area contributed by atoms with Crippen LogP contribution in [-0.2, 0) is 9.59 Å². The highest BCUT2D eigenvalue weighted by molar-refractivity contribution is 7.09. The predicted octanol–water partition coefficient (Wildman–Crippen LogP) is 2.83. The Hall–Kier alpha value is -2.41. The molecular weight excluding hydrogens is 338 g/mol. The monoisotopic (exact) mass is 359 g/mol. The maximum absolute atomic E-state index is 12.2. The number of furan rings is 1. The first-order valence-corrected chi connectivity index (χ1v) is 9.20. The Bertz CT molecular complexity index is 747. The van der Waals surface area contributed by atoms with Gasteiger partial charge in [0.1, 0.15) is 10.8 Å². The number of amides is 2. The zero-order valence-corrected chi connectivity index (χ0v) is 14.8. The van der Waals surface area contributed by atoms with Crippen molar-refractivity contribution in [2.45, 2.75) is 32.2 Å². The average Bonchev–Trinajstić information content (AvgIpc) is 3.11. The fraction of sp³-hybridized carbons (Fsp3) is 0.389. The molecule has 2 N–H and O–H groups in total. The van der Waals surface area contributed by atoms with Crippen LogP contribution in [0.5, 0.6) is 0 Å². The molecule has 0 aromatic carbocycles. The van der Waals surface area contributed by atoms with Crippen molar-refractivity contribution < 1.29 is 14.0 Å². The number of aryl methyl sites for hydroxylation is 1. The van der Waals surface area contributed by atoms with Gasteiger partial charge in [0.05, 0.1) is 12.3 Å². The summed E-state index contributed by atoms with van der Waals surface area (Å²) in [5.41, 5.74) is 0.982. The number of nitrogens with zero attached hydrogens (tertiary/aromatic N) is 1. The van der Waals surface area contributed by atoms with Crippen LogP contribution in [0.2, 0.25) is 0 Å². The number of thiazole rings is 1. The molecule has 7 heteroatoms. The summed E-state index contributed by atoms with van der Waals surface area (Å²) in [6.45, 7) is 2.25. The quantitative estimate of drug-likeness (QED) is 0.710. The van der Waals surface area contributed by atoms with Gasteiger partial charge < -0.3 is 15.1 Å². The van der Waals surface area contributed by atoms with Crippen LogP contribution in [0.25, 0.3) is 6.08 Å². The van der Waals surface area contributed by atoms with Gasteiger partial charge >= 0.3 is 0 Å². The highest BCUT2D eigenvalue weighted by atomic mass is 32.1. The average molecular weight is 359 g/mol. The highest BCUT2D eigenvalue weighted by Gasteiger charge is 2.35. The Kier molecular flexibility index (Phi) is 5.65. The second-order valence-electron chi connectivity index (χ2n) is 6.10. The van der Waals surface area contributed by atoms with Gasteiger partial charge in [0.15, 0.2) is 0 Å². The van der Waals surface area contributed by atoms with E-state index in [9.17, 15) is 9.59 Å². The zero-order valence-electron chi connectivity index (χ0n) is 14.0. The summed E-state index contributed by atoms with van der Waals surface area (Å²) in [7, 11) is 0. The summed E-state index contributed by atoms with van der Waals surface area (Å²) in [4.78, 5) is 28.4. The van der Waals surface area contributed by atoms with E-state index in [0.717, 1.165) is 23.5 Å². The van der Waals surface area contributed by atoms with Crippen LogP contribution >= 0.6 is 11.3 Å². The van der Waals surface area contributed by atoms with Crippen LogP contribution in [0, 0.1) is 12.8 Å². The molecule has 0 unspecified atom stereocenters. The number of aromatic nitrogens is 1. The molecule has 3 rings (SSSR count). The zero-order chi connectivity index (χ0) is 17.6. The smallest absolute Gasteiger partial charge is 0.244 e. The van der Waals surface area contributed by atoms with E-state index < -0.39 is 0 Å². The number of carbonyl (C=O) groups excluding carboxylic acids is 2. The van der Waals surface area contributed by atoms with Crippen LogP contribution in [0.15, 0.2) is 34.3 Å². The van der Waals surface area contributed by atoms with Crippen molar-refractivity contribution >= 4 is 29.2 Å². The highest BCUT2D eigenvalue weighted by Crippen LogP contribution is 2.41. The summed E-state index contributed by atoms with van der Waals surface area (Å²) in [6.07, 6.45) is 7.01. The SMILES string of the molecule is Cc1csc([C@H](NC(=O)CCNC(=O)/C=C\c2ccco2)C2CC2)n1. The van der Waals surface area contributed by atoms with E-state index in [4.69, 9.17) is 4.42 Å². The number of hydrogen-bond donors (Lipinski definition) is 2. The molecule has 0 bridgehead atoms. The predicted molar refractivity (Wildman–Crippen MR) is 95.8 cm³/mol. The summed E-state index contributed by atoms with van der Waals surface area (Å²) in [5.74, 6) is 0.776. The Balaban J connectivity index is 1.42. The van der Waals surface area contributed by atoms with Crippen molar-refractivity contribution in [3.05, 3.63) is 46.3 Å². The minimum Gasteiger partial charge on any atom is -0.465 e. The van der Waals surface area contributed by atoms with Crippen molar-refractivity contribution in [1.82, 2.24) is 15.6 Å². The Labute approximate surface area is 150 Å². The molecule has 1 fully saturated rings. The molecule has 0 radical (unpaired) electrons. The lowest BCUT2D eigenvalue weighted by Gasteiger charge is -2.15. The third-order valence-electron chi connectivity index (χ3n) is 3.91. The topological polar surface area (TPSA) is 84.2 Å².